The summed E-state index contributed by atoms with van der Waals surface area (Å²) in [6.07, 6.45) is 1.70. The number of hydrogen-bond donors (Lipinski definition) is 1. The molecule has 1 atom stereocenters. The number of amides is 3. The second kappa shape index (κ2) is 8.85. The number of benzene rings is 1. The molecule has 0 aliphatic carbocycles. The van der Waals surface area contributed by atoms with E-state index in [4.69, 9.17) is 0 Å². The van der Waals surface area contributed by atoms with Gasteiger partial charge in [-0.1, -0.05) is 15.9 Å². The zero-order chi connectivity index (χ0) is 17.7. The van der Waals surface area contributed by atoms with Gasteiger partial charge in [-0.15, -0.1) is 0 Å². The van der Waals surface area contributed by atoms with Crippen LogP contribution in [0.1, 0.15) is 26.7 Å². The van der Waals surface area contributed by atoms with E-state index in [1.54, 1.807) is 4.90 Å². The van der Waals surface area contributed by atoms with Crippen molar-refractivity contribution in [3.63, 3.8) is 0 Å². The maximum absolute atomic E-state index is 12.5. The minimum absolute atomic E-state index is 0.0993. The molecule has 0 spiro atoms. The molecule has 0 bridgehead atoms. The lowest BCUT2D eigenvalue weighted by molar-refractivity contribution is -0.136. The van der Waals surface area contributed by atoms with E-state index >= 15 is 0 Å². The number of urea groups is 1. The summed E-state index contributed by atoms with van der Waals surface area (Å²) in [6, 6.07) is 5.45. The Morgan fingerprint density at radius 1 is 1.29 bits per heavy atom. The zero-order valence-electron chi connectivity index (χ0n) is 14.0. The number of carbonyl (C=O) groups excluding carboxylic acids is 2. The van der Waals surface area contributed by atoms with Crippen LogP contribution in [0.15, 0.2) is 27.1 Å². The molecule has 1 heterocycles. The van der Waals surface area contributed by atoms with Gasteiger partial charge in [-0.3, -0.25) is 4.79 Å². The lowest BCUT2D eigenvalue weighted by Gasteiger charge is -2.34. The van der Waals surface area contributed by atoms with Crippen LogP contribution in [0.3, 0.4) is 0 Å². The van der Waals surface area contributed by atoms with Gasteiger partial charge in [0.05, 0.1) is 11.6 Å². The van der Waals surface area contributed by atoms with Crippen molar-refractivity contribution < 1.29 is 9.59 Å². The number of carbonyl (C=O) groups is 2. The summed E-state index contributed by atoms with van der Waals surface area (Å²) in [5, 5.41) is 2.92. The van der Waals surface area contributed by atoms with Crippen LogP contribution in [0, 0.1) is 5.92 Å². The van der Waals surface area contributed by atoms with Crippen molar-refractivity contribution in [3.05, 3.63) is 27.1 Å². The molecule has 5 nitrogen and oxygen atoms in total. The first-order valence-corrected chi connectivity index (χ1v) is 9.84. The van der Waals surface area contributed by atoms with Crippen molar-refractivity contribution >= 4 is 49.5 Å². The van der Waals surface area contributed by atoms with Crippen molar-refractivity contribution in [2.24, 2.45) is 5.92 Å². The minimum Gasteiger partial charge on any atom is -0.343 e. The quantitative estimate of drug-likeness (QED) is 0.727. The highest BCUT2D eigenvalue weighted by Crippen LogP contribution is 2.27. The van der Waals surface area contributed by atoms with Crippen LogP contribution in [0.5, 0.6) is 0 Å². The van der Waals surface area contributed by atoms with Crippen LogP contribution < -0.4 is 5.32 Å². The van der Waals surface area contributed by atoms with Gasteiger partial charge in [0, 0.05) is 35.1 Å². The third-order valence-corrected chi connectivity index (χ3v) is 5.46. The molecular formula is C17H23Br2N3O2. The smallest absolute Gasteiger partial charge is 0.321 e. The summed E-state index contributed by atoms with van der Waals surface area (Å²) in [4.78, 5) is 28.7. The number of piperidine rings is 1. The molecule has 1 unspecified atom stereocenters. The molecule has 0 saturated carbocycles. The second-order valence-corrected chi connectivity index (χ2v) is 7.62. The van der Waals surface area contributed by atoms with E-state index in [0.717, 1.165) is 27.5 Å². The molecule has 132 valence electrons. The normalized spacial score (nSPS) is 17.5. The van der Waals surface area contributed by atoms with Crippen molar-refractivity contribution in [2.45, 2.75) is 26.7 Å². The fraction of sp³-hybridized carbons (Fsp3) is 0.529. The van der Waals surface area contributed by atoms with Gasteiger partial charge in [0.25, 0.3) is 0 Å². The minimum atomic E-state index is -0.157. The Morgan fingerprint density at radius 3 is 2.62 bits per heavy atom. The Hall–Kier alpha value is -1.08. The van der Waals surface area contributed by atoms with Gasteiger partial charge in [-0.25, -0.2) is 4.79 Å². The Bertz CT molecular complexity index is 605. The summed E-state index contributed by atoms with van der Waals surface area (Å²) in [7, 11) is 0. The van der Waals surface area contributed by atoms with Crippen LogP contribution in [-0.2, 0) is 4.79 Å². The molecule has 24 heavy (non-hydrogen) atoms. The van der Waals surface area contributed by atoms with Gasteiger partial charge in [0.15, 0.2) is 0 Å². The third kappa shape index (κ3) is 4.72. The van der Waals surface area contributed by atoms with Gasteiger partial charge in [0.1, 0.15) is 0 Å². The summed E-state index contributed by atoms with van der Waals surface area (Å²) >= 11 is 6.84. The topological polar surface area (TPSA) is 52.7 Å². The summed E-state index contributed by atoms with van der Waals surface area (Å²) in [5.74, 6) is 0.0556. The predicted octanol–water partition coefficient (Wildman–Crippen LogP) is 4.32. The van der Waals surface area contributed by atoms with Crippen molar-refractivity contribution in [2.75, 3.05) is 31.5 Å². The Morgan fingerprint density at radius 2 is 2.00 bits per heavy atom. The van der Waals surface area contributed by atoms with E-state index in [0.29, 0.717) is 26.2 Å². The highest BCUT2D eigenvalue weighted by Gasteiger charge is 2.30. The number of anilines is 1. The monoisotopic (exact) mass is 459 g/mol. The van der Waals surface area contributed by atoms with E-state index in [9.17, 15) is 9.59 Å². The average Bonchev–Trinajstić information content (AvgIpc) is 2.58. The first kappa shape index (κ1) is 19.2. The molecule has 3 amide bonds. The van der Waals surface area contributed by atoms with E-state index in [-0.39, 0.29) is 17.9 Å². The maximum Gasteiger partial charge on any atom is 0.321 e. The van der Waals surface area contributed by atoms with Gasteiger partial charge >= 0.3 is 6.03 Å². The van der Waals surface area contributed by atoms with Gasteiger partial charge in [0.2, 0.25) is 5.91 Å². The van der Waals surface area contributed by atoms with E-state index in [1.807, 2.05) is 36.9 Å². The van der Waals surface area contributed by atoms with Crippen LogP contribution >= 0.6 is 31.9 Å². The molecular weight excluding hydrogens is 438 g/mol. The molecule has 1 fully saturated rings. The van der Waals surface area contributed by atoms with Gasteiger partial charge in [-0.05, 0) is 60.8 Å². The van der Waals surface area contributed by atoms with Gasteiger partial charge < -0.3 is 15.1 Å². The molecule has 1 N–H and O–H groups in total. The highest BCUT2D eigenvalue weighted by atomic mass is 79.9. The van der Waals surface area contributed by atoms with Crippen LogP contribution in [0.4, 0.5) is 10.5 Å². The number of rotatable bonds is 4. The van der Waals surface area contributed by atoms with E-state index in [2.05, 4.69) is 37.2 Å². The van der Waals surface area contributed by atoms with Crippen molar-refractivity contribution in [3.8, 4) is 0 Å². The standard InChI is InChI=1S/C17H23Br2N3O2/c1-3-21(4-2)16(23)12-6-5-9-22(11-12)17(24)20-15-8-7-13(18)10-14(15)19/h7-8,10,12H,3-6,9,11H2,1-2H3,(H,20,24). The number of likely N-dealkylation sites (tertiary alicyclic amines) is 1. The Balaban J connectivity index is 2.01. The zero-order valence-corrected chi connectivity index (χ0v) is 17.2. The molecule has 2 rings (SSSR count). The SMILES string of the molecule is CCN(CC)C(=O)C1CCCN(C(=O)Nc2ccc(Br)cc2Br)C1. The average molecular weight is 461 g/mol. The summed E-state index contributed by atoms with van der Waals surface area (Å²) in [5.41, 5.74) is 0.723. The molecule has 1 aromatic rings. The van der Waals surface area contributed by atoms with Crippen LogP contribution in [0.25, 0.3) is 0 Å². The lowest BCUT2D eigenvalue weighted by atomic mass is 9.96. The lowest BCUT2D eigenvalue weighted by Crippen LogP contribution is -2.48. The number of hydrogen-bond acceptors (Lipinski definition) is 2. The van der Waals surface area contributed by atoms with E-state index < -0.39 is 0 Å². The molecule has 1 saturated heterocycles. The maximum atomic E-state index is 12.5. The summed E-state index contributed by atoms with van der Waals surface area (Å²) in [6.45, 7) is 6.56. The van der Waals surface area contributed by atoms with Crippen molar-refractivity contribution in [1.82, 2.24) is 9.80 Å². The Labute approximate surface area is 160 Å². The van der Waals surface area contributed by atoms with Crippen molar-refractivity contribution in [1.29, 1.82) is 0 Å². The molecule has 0 radical (unpaired) electrons. The second-order valence-electron chi connectivity index (χ2n) is 5.85. The number of halogens is 2. The first-order valence-electron chi connectivity index (χ1n) is 8.26. The third-order valence-electron chi connectivity index (χ3n) is 4.31. The molecule has 1 aliphatic heterocycles. The highest BCUT2D eigenvalue weighted by molar-refractivity contribution is 9.11. The van der Waals surface area contributed by atoms with Crippen LogP contribution in [0.2, 0.25) is 0 Å². The van der Waals surface area contributed by atoms with Crippen LogP contribution in [-0.4, -0.2) is 47.9 Å². The number of nitrogens with zero attached hydrogens (tertiary/aromatic N) is 2. The predicted molar refractivity (Wildman–Crippen MR) is 103 cm³/mol. The van der Waals surface area contributed by atoms with Gasteiger partial charge in [-0.2, -0.15) is 0 Å². The number of nitrogens with one attached hydrogen (secondary N) is 1. The molecule has 0 aromatic heterocycles. The van der Waals surface area contributed by atoms with E-state index in [1.165, 1.54) is 0 Å². The Kier molecular flexibility index (Phi) is 7.10. The summed E-state index contributed by atoms with van der Waals surface area (Å²) < 4.78 is 1.76. The fourth-order valence-electron chi connectivity index (χ4n) is 2.94. The molecule has 1 aromatic carbocycles. The molecule has 1 aliphatic rings. The molecule has 7 heteroatoms. The largest absolute Gasteiger partial charge is 0.343 e. The fourth-order valence-corrected chi connectivity index (χ4v) is 4.09. The first-order chi connectivity index (χ1) is 11.5.